The Morgan fingerprint density at radius 1 is 0.919 bits per heavy atom. The molecular formula is C29H26FN3O4. The topological polar surface area (TPSA) is 114 Å². The number of primary amides is 1. The maximum absolute atomic E-state index is 13.5. The van der Waals surface area contributed by atoms with Crippen molar-refractivity contribution in [2.75, 3.05) is 7.05 Å². The number of nitrogens with two attached hydrogens (primary N) is 1. The highest BCUT2D eigenvalue weighted by molar-refractivity contribution is 6.11. The van der Waals surface area contributed by atoms with Crippen molar-refractivity contribution in [2.45, 2.75) is 25.3 Å². The number of fused-ring (bicyclic) bond motifs is 1. The average molecular weight is 500 g/mol. The molecule has 7 nitrogen and oxygen atoms in total. The SMILES string of the molecule is CNC(=O)c1c(-c2ccc(F)cc2)oc2ccc(-c3cccc(C(=O)N[C@H]4CCCC4C(N)=O)c3)cc12. The molecule has 4 N–H and O–H groups in total. The molecule has 1 fully saturated rings. The van der Waals surface area contributed by atoms with E-state index in [1.807, 2.05) is 18.2 Å². The minimum absolute atomic E-state index is 0.268. The molecule has 1 unspecified atom stereocenters. The third-order valence-electron chi connectivity index (χ3n) is 6.90. The van der Waals surface area contributed by atoms with E-state index in [0.717, 1.165) is 24.0 Å². The quantitative estimate of drug-likeness (QED) is 0.358. The first kappa shape index (κ1) is 24.2. The van der Waals surface area contributed by atoms with Gasteiger partial charge in [0.1, 0.15) is 17.2 Å². The van der Waals surface area contributed by atoms with Gasteiger partial charge in [-0.1, -0.05) is 24.6 Å². The molecule has 0 bridgehead atoms. The number of hydrogen-bond acceptors (Lipinski definition) is 4. The third kappa shape index (κ3) is 4.70. The number of benzene rings is 3. The normalized spacial score (nSPS) is 17.0. The first-order chi connectivity index (χ1) is 17.9. The Kier molecular flexibility index (Phi) is 6.48. The van der Waals surface area contributed by atoms with E-state index in [0.29, 0.717) is 39.8 Å². The first-order valence-corrected chi connectivity index (χ1v) is 12.1. The van der Waals surface area contributed by atoms with Crippen LogP contribution in [0.25, 0.3) is 33.4 Å². The summed E-state index contributed by atoms with van der Waals surface area (Å²) in [5, 5.41) is 6.21. The van der Waals surface area contributed by atoms with Gasteiger partial charge in [-0.25, -0.2) is 4.39 Å². The van der Waals surface area contributed by atoms with Crippen molar-refractivity contribution in [2.24, 2.45) is 11.7 Å². The third-order valence-corrected chi connectivity index (χ3v) is 6.90. The summed E-state index contributed by atoms with van der Waals surface area (Å²) in [6, 6.07) is 18.1. The lowest BCUT2D eigenvalue weighted by Gasteiger charge is -2.18. The standard InChI is InChI=1S/C29H26FN3O4/c1-32-29(36)25-22-15-18(10-13-24(22)37-26(25)16-8-11-20(30)12-9-16)17-4-2-5-19(14-17)28(35)33-23-7-3-6-21(23)27(31)34/h2,4-5,8-15,21,23H,3,6-7H2,1H3,(H2,31,34)(H,32,36)(H,33,35)/t21?,23-/m0/s1. The van der Waals surface area contributed by atoms with E-state index in [-0.39, 0.29) is 29.6 Å². The van der Waals surface area contributed by atoms with E-state index in [1.165, 1.54) is 19.2 Å². The first-order valence-electron chi connectivity index (χ1n) is 12.1. The number of furan rings is 1. The number of rotatable bonds is 6. The van der Waals surface area contributed by atoms with E-state index < -0.39 is 5.91 Å². The van der Waals surface area contributed by atoms with Gasteiger partial charge in [-0.2, -0.15) is 0 Å². The van der Waals surface area contributed by atoms with Gasteiger partial charge in [0.15, 0.2) is 0 Å². The predicted octanol–water partition coefficient (Wildman–Crippen LogP) is 4.65. The monoisotopic (exact) mass is 499 g/mol. The van der Waals surface area contributed by atoms with Crippen molar-refractivity contribution in [1.29, 1.82) is 0 Å². The summed E-state index contributed by atoms with van der Waals surface area (Å²) in [6.07, 6.45) is 2.24. The lowest BCUT2D eigenvalue weighted by Crippen LogP contribution is -2.42. The van der Waals surface area contributed by atoms with Crippen LogP contribution in [-0.4, -0.2) is 30.8 Å². The molecule has 1 aromatic heterocycles. The van der Waals surface area contributed by atoms with Gasteiger partial charge in [0.05, 0.1) is 11.5 Å². The molecule has 3 aromatic carbocycles. The van der Waals surface area contributed by atoms with Crippen LogP contribution in [0.5, 0.6) is 0 Å². The zero-order valence-electron chi connectivity index (χ0n) is 20.2. The molecule has 188 valence electrons. The molecule has 0 radical (unpaired) electrons. The summed E-state index contributed by atoms with van der Waals surface area (Å²) < 4.78 is 19.5. The fraction of sp³-hybridized carbons (Fsp3) is 0.207. The molecular weight excluding hydrogens is 473 g/mol. The van der Waals surface area contributed by atoms with Gasteiger partial charge in [-0.15, -0.1) is 0 Å². The van der Waals surface area contributed by atoms with Crippen LogP contribution >= 0.6 is 0 Å². The average Bonchev–Trinajstić information content (AvgIpc) is 3.53. The largest absolute Gasteiger partial charge is 0.455 e. The molecule has 0 spiro atoms. The Hall–Kier alpha value is -4.46. The van der Waals surface area contributed by atoms with Crippen LogP contribution in [0.4, 0.5) is 4.39 Å². The highest BCUT2D eigenvalue weighted by Crippen LogP contribution is 2.36. The molecule has 1 aliphatic carbocycles. The number of amides is 3. The van der Waals surface area contributed by atoms with Gasteiger partial charge < -0.3 is 20.8 Å². The van der Waals surface area contributed by atoms with Gasteiger partial charge in [0.25, 0.3) is 11.8 Å². The number of nitrogens with one attached hydrogen (secondary N) is 2. The predicted molar refractivity (Wildman–Crippen MR) is 138 cm³/mol. The van der Waals surface area contributed by atoms with Gasteiger partial charge in [0, 0.05) is 29.6 Å². The molecule has 4 aromatic rings. The maximum Gasteiger partial charge on any atom is 0.255 e. The minimum atomic E-state index is -0.392. The van der Waals surface area contributed by atoms with Gasteiger partial charge >= 0.3 is 0 Å². The Morgan fingerprint density at radius 2 is 1.65 bits per heavy atom. The zero-order chi connectivity index (χ0) is 26.1. The second kappa shape index (κ2) is 9.89. The molecule has 1 heterocycles. The Bertz CT molecular complexity index is 1510. The molecule has 1 aliphatic rings. The second-order valence-electron chi connectivity index (χ2n) is 9.20. The van der Waals surface area contributed by atoms with Gasteiger partial charge in [-0.05, 0) is 72.5 Å². The number of halogens is 1. The van der Waals surface area contributed by atoms with Crippen molar-refractivity contribution >= 4 is 28.7 Å². The van der Waals surface area contributed by atoms with E-state index in [1.54, 1.807) is 36.4 Å². The van der Waals surface area contributed by atoms with E-state index in [9.17, 15) is 18.8 Å². The van der Waals surface area contributed by atoms with Crippen LogP contribution in [0.1, 0.15) is 40.0 Å². The fourth-order valence-electron chi connectivity index (χ4n) is 5.00. The summed E-state index contributed by atoms with van der Waals surface area (Å²) in [4.78, 5) is 37.5. The number of hydrogen-bond donors (Lipinski definition) is 3. The molecule has 3 amide bonds. The van der Waals surface area contributed by atoms with Crippen molar-refractivity contribution < 1.29 is 23.2 Å². The van der Waals surface area contributed by atoms with E-state index in [2.05, 4.69) is 10.6 Å². The van der Waals surface area contributed by atoms with Crippen LogP contribution < -0.4 is 16.4 Å². The molecule has 37 heavy (non-hydrogen) atoms. The molecule has 2 atom stereocenters. The van der Waals surface area contributed by atoms with Crippen LogP contribution in [0.3, 0.4) is 0 Å². The lowest BCUT2D eigenvalue weighted by molar-refractivity contribution is -0.122. The Labute approximate surface area is 212 Å². The highest BCUT2D eigenvalue weighted by Gasteiger charge is 2.32. The van der Waals surface area contributed by atoms with Crippen molar-refractivity contribution in [3.05, 3.63) is 83.7 Å². The van der Waals surface area contributed by atoms with Crippen molar-refractivity contribution in [1.82, 2.24) is 10.6 Å². The van der Waals surface area contributed by atoms with E-state index >= 15 is 0 Å². The van der Waals surface area contributed by atoms with Crippen LogP contribution in [0, 0.1) is 11.7 Å². The van der Waals surface area contributed by atoms with Gasteiger partial charge in [-0.3, -0.25) is 14.4 Å². The van der Waals surface area contributed by atoms with E-state index in [4.69, 9.17) is 10.2 Å². The fourth-order valence-corrected chi connectivity index (χ4v) is 5.00. The van der Waals surface area contributed by atoms with Crippen LogP contribution in [0.2, 0.25) is 0 Å². The summed E-state index contributed by atoms with van der Waals surface area (Å²) in [6.45, 7) is 0. The maximum atomic E-state index is 13.5. The summed E-state index contributed by atoms with van der Waals surface area (Å²) >= 11 is 0. The molecule has 8 heteroatoms. The Morgan fingerprint density at radius 3 is 2.38 bits per heavy atom. The summed E-state index contributed by atoms with van der Waals surface area (Å²) in [7, 11) is 1.54. The zero-order valence-corrected chi connectivity index (χ0v) is 20.2. The summed E-state index contributed by atoms with van der Waals surface area (Å²) in [5.41, 5.74) is 8.95. The lowest BCUT2D eigenvalue weighted by atomic mass is 9.98. The van der Waals surface area contributed by atoms with Crippen LogP contribution in [-0.2, 0) is 4.79 Å². The summed E-state index contributed by atoms with van der Waals surface area (Å²) in [5.74, 6) is -1.38. The van der Waals surface area contributed by atoms with Gasteiger partial charge in [0.2, 0.25) is 5.91 Å². The molecule has 5 rings (SSSR count). The molecule has 0 aliphatic heterocycles. The molecule has 0 saturated heterocycles. The Balaban J connectivity index is 1.50. The molecule has 1 saturated carbocycles. The second-order valence-corrected chi connectivity index (χ2v) is 9.20. The van der Waals surface area contributed by atoms with Crippen LogP contribution in [0.15, 0.2) is 71.1 Å². The number of carbonyl (C=O) groups is 3. The van der Waals surface area contributed by atoms with Crippen molar-refractivity contribution in [3.8, 4) is 22.5 Å². The number of carbonyl (C=O) groups excluding carboxylic acids is 3. The smallest absolute Gasteiger partial charge is 0.255 e. The highest BCUT2D eigenvalue weighted by atomic mass is 19.1. The van der Waals surface area contributed by atoms with Crippen molar-refractivity contribution in [3.63, 3.8) is 0 Å². The minimum Gasteiger partial charge on any atom is -0.455 e.